The molecule has 2 N–H and O–H groups in total. The van der Waals surface area contributed by atoms with Gasteiger partial charge in [0.05, 0.1) is 19.8 Å². The summed E-state index contributed by atoms with van der Waals surface area (Å²) < 4.78 is 17.1. The first-order chi connectivity index (χ1) is 10.8. The molecule has 126 valence electrons. The van der Waals surface area contributed by atoms with Crippen molar-refractivity contribution in [1.82, 2.24) is 0 Å². The zero-order valence-corrected chi connectivity index (χ0v) is 14.1. The van der Waals surface area contributed by atoms with Gasteiger partial charge < -0.3 is 19.9 Å². The Morgan fingerprint density at radius 1 is 1.35 bits per heavy atom. The Labute approximate surface area is 137 Å². The summed E-state index contributed by atoms with van der Waals surface area (Å²) in [6, 6.07) is 4.29. The molecule has 2 aliphatic rings. The van der Waals surface area contributed by atoms with Crippen molar-refractivity contribution in [3.8, 4) is 0 Å². The predicted molar refractivity (Wildman–Crippen MR) is 85.9 cm³/mol. The summed E-state index contributed by atoms with van der Waals surface area (Å²) in [5, 5.41) is 0. The molecule has 0 bridgehead atoms. The van der Waals surface area contributed by atoms with Crippen LogP contribution < -0.4 is 5.73 Å². The number of fused-ring (bicyclic) bond motifs is 3. The number of hydrogen-bond acceptors (Lipinski definition) is 4. The number of benzene rings is 1. The Kier molecular flexibility index (Phi) is 4.34. The van der Waals surface area contributed by atoms with Crippen LogP contribution in [0.15, 0.2) is 12.1 Å². The molecule has 2 aliphatic heterocycles. The zero-order chi connectivity index (χ0) is 16.6. The van der Waals surface area contributed by atoms with E-state index in [1.165, 1.54) is 16.7 Å². The van der Waals surface area contributed by atoms with E-state index in [1.54, 1.807) is 0 Å². The van der Waals surface area contributed by atoms with Crippen molar-refractivity contribution < 1.29 is 19.0 Å². The molecule has 0 saturated heterocycles. The number of carbonyl (C=O) groups excluding carboxylic acids is 1. The fourth-order valence-electron chi connectivity index (χ4n) is 3.54. The van der Waals surface area contributed by atoms with Gasteiger partial charge in [-0.2, -0.15) is 0 Å². The summed E-state index contributed by atoms with van der Waals surface area (Å²) in [7, 11) is 0. The van der Waals surface area contributed by atoms with Gasteiger partial charge in [0, 0.05) is 0 Å². The van der Waals surface area contributed by atoms with E-state index in [4.69, 9.17) is 19.9 Å². The summed E-state index contributed by atoms with van der Waals surface area (Å²) in [5.41, 5.74) is 10.1. The highest BCUT2D eigenvalue weighted by Gasteiger charge is 2.37. The molecule has 1 unspecified atom stereocenters. The van der Waals surface area contributed by atoms with Crippen molar-refractivity contribution in [3.63, 3.8) is 0 Å². The first kappa shape index (κ1) is 16.3. The smallest absolute Gasteiger partial charge is 0.404 e. The van der Waals surface area contributed by atoms with Gasteiger partial charge in [0.1, 0.15) is 12.2 Å². The minimum absolute atomic E-state index is 0.00442. The minimum Gasteiger partial charge on any atom is -0.443 e. The molecule has 2 atom stereocenters. The Morgan fingerprint density at radius 2 is 2.09 bits per heavy atom. The van der Waals surface area contributed by atoms with Gasteiger partial charge in [-0.25, -0.2) is 4.79 Å². The number of nitrogens with two attached hydrogens (primary N) is 1. The van der Waals surface area contributed by atoms with Crippen molar-refractivity contribution in [2.75, 3.05) is 6.61 Å². The second-order valence-corrected chi connectivity index (χ2v) is 7.55. The van der Waals surface area contributed by atoms with Gasteiger partial charge in [0.25, 0.3) is 0 Å². The highest BCUT2D eigenvalue weighted by atomic mass is 16.6. The molecule has 0 aliphatic carbocycles. The van der Waals surface area contributed by atoms with Crippen LogP contribution in [0.2, 0.25) is 0 Å². The third-order valence-corrected chi connectivity index (χ3v) is 4.42. The minimum atomic E-state index is -0.751. The Hall–Kier alpha value is -1.59. The number of amides is 1. The molecular weight excluding hydrogens is 294 g/mol. The summed E-state index contributed by atoms with van der Waals surface area (Å²) in [5.74, 6) is 0. The summed E-state index contributed by atoms with van der Waals surface area (Å²) >= 11 is 0. The van der Waals surface area contributed by atoms with Crippen LogP contribution in [0.4, 0.5) is 4.79 Å². The van der Waals surface area contributed by atoms with E-state index in [2.05, 4.69) is 32.9 Å². The number of rotatable bonds is 3. The second-order valence-electron chi connectivity index (χ2n) is 7.55. The summed E-state index contributed by atoms with van der Waals surface area (Å²) in [6.45, 7) is 8.21. The first-order valence-electron chi connectivity index (χ1n) is 8.14. The van der Waals surface area contributed by atoms with E-state index in [1.807, 2.05) is 0 Å². The molecule has 5 heteroatoms. The van der Waals surface area contributed by atoms with E-state index in [0.29, 0.717) is 26.2 Å². The Morgan fingerprint density at radius 3 is 2.78 bits per heavy atom. The quantitative estimate of drug-likeness (QED) is 0.928. The van der Waals surface area contributed by atoms with Gasteiger partial charge in [0.2, 0.25) is 0 Å². The molecule has 2 heterocycles. The standard InChI is InChI=1S/C18H25NO4/c1-18(2,3)8-14(23-17(19)20)16-15-11(6-7-22-16)4-5-12-9-21-10-13(12)15/h4-5,14,16H,6-10H2,1-3H3,(H2,19,20)/t14-,16?/m1/s1. The van der Waals surface area contributed by atoms with E-state index >= 15 is 0 Å². The van der Waals surface area contributed by atoms with Crippen LogP contribution in [0.1, 0.15) is 55.5 Å². The topological polar surface area (TPSA) is 70.8 Å². The maximum Gasteiger partial charge on any atom is 0.404 e. The molecule has 1 aromatic carbocycles. The van der Waals surface area contributed by atoms with Crippen LogP contribution in [0.3, 0.4) is 0 Å². The number of carbonyl (C=O) groups is 1. The van der Waals surface area contributed by atoms with E-state index in [9.17, 15) is 4.79 Å². The lowest BCUT2D eigenvalue weighted by Gasteiger charge is -2.36. The van der Waals surface area contributed by atoms with Crippen LogP contribution in [-0.4, -0.2) is 18.8 Å². The summed E-state index contributed by atoms with van der Waals surface area (Å²) in [4.78, 5) is 11.4. The molecule has 23 heavy (non-hydrogen) atoms. The average Bonchev–Trinajstić information content (AvgIpc) is 2.92. The van der Waals surface area contributed by atoms with Gasteiger partial charge in [-0.1, -0.05) is 32.9 Å². The lowest BCUT2D eigenvalue weighted by atomic mass is 9.82. The third kappa shape index (κ3) is 3.51. The van der Waals surface area contributed by atoms with Crippen LogP contribution in [0.25, 0.3) is 0 Å². The largest absolute Gasteiger partial charge is 0.443 e. The van der Waals surface area contributed by atoms with Gasteiger partial charge in [0.15, 0.2) is 0 Å². The molecule has 0 spiro atoms. The number of ether oxygens (including phenoxy) is 3. The maximum atomic E-state index is 11.4. The second kappa shape index (κ2) is 6.13. The molecule has 0 radical (unpaired) electrons. The van der Waals surface area contributed by atoms with Gasteiger partial charge in [-0.3, -0.25) is 0 Å². The van der Waals surface area contributed by atoms with Crippen molar-refractivity contribution >= 4 is 6.09 Å². The predicted octanol–water partition coefficient (Wildman–Crippen LogP) is 3.23. The molecule has 0 aromatic heterocycles. The zero-order valence-electron chi connectivity index (χ0n) is 14.1. The molecule has 0 fully saturated rings. The Bertz CT molecular complexity index is 606. The lowest BCUT2D eigenvalue weighted by Crippen LogP contribution is -2.36. The fraction of sp³-hybridized carbons (Fsp3) is 0.611. The van der Waals surface area contributed by atoms with Crippen molar-refractivity contribution in [2.45, 2.75) is 59.0 Å². The van der Waals surface area contributed by atoms with Crippen molar-refractivity contribution in [2.24, 2.45) is 11.1 Å². The van der Waals surface area contributed by atoms with E-state index in [0.717, 1.165) is 12.0 Å². The SMILES string of the molecule is CC(C)(C)C[C@@H](OC(N)=O)C1OCCc2ccc3c(c21)COC3. The maximum absolute atomic E-state index is 11.4. The average molecular weight is 319 g/mol. The van der Waals surface area contributed by atoms with Crippen molar-refractivity contribution in [1.29, 1.82) is 0 Å². The number of primary amides is 1. The normalized spacial score (nSPS) is 21.4. The summed E-state index contributed by atoms with van der Waals surface area (Å²) in [6.07, 6.45) is 0.141. The van der Waals surface area contributed by atoms with E-state index in [-0.39, 0.29) is 11.5 Å². The fourth-order valence-corrected chi connectivity index (χ4v) is 3.54. The van der Waals surface area contributed by atoms with Crippen molar-refractivity contribution in [3.05, 3.63) is 34.4 Å². The highest BCUT2D eigenvalue weighted by Crippen LogP contribution is 2.40. The van der Waals surface area contributed by atoms with Crippen LogP contribution in [0.5, 0.6) is 0 Å². The third-order valence-electron chi connectivity index (χ3n) is 4.42. The monoisotopic (exact) mass is 319 g/mol. The molecule has 1 amide bonds. The van der Waals surface area contributed by atoms with Crippen LogP contribution in [0, 0.1) is 5.41 Å². The van der Waals surface area contributed by atoms with Crippen LogP contribution >= 0.6 is 0 Å². The van der Waals surface area contributed by atoms with Crippen LogP contribution in [-0.2, 0) is 33.8 Å². The Balaban J connectivity index is 1.99. The van der Waals surface area contributed by atoms with Gasteiger partial charge in [-0.05, 0) is 40.5 Å². The number of hydrogen-bond donors (Lipinski definition) is 1. The van der Waals surface area contributed by atoms with E-state index < -0.39 is 12.2 Å². The van der Waals surface area contributed by atoms with Gasteiger partial charge >= 0.3 is 6.09 Å². The highest BCUT2D eigenvalue weighted by molar-refractivity contribution is 5.65. The molecule has 1 aromatic rings. The lowest BCUT2D eigenvalue weighted by molar-refractivity contribution is -0.0647. The molecule has 0 saturated carbocycles. The first-order valence-corrected chi connectivity index (χ1v) is 8.14. The van der Waals surface area contributed by atoms with Gasteiger partial charge in [-0.15, -0.1) is 0 Å². The molecule has 5 nitrogen and oxygen atoms in total. The molecular formula is C18H25NO4. The molecule has 3 rings (SSSR count).